The van der Waals surface area contributed by atoms with Crippen LogP contribution in [0.3, 0.4) is 0 Å². The minimum absolute atomic E-state index is 0.149. The van der Waals surface area contributed by atoms with Crippen molar-refractivity contribution in [2.45, 2.75) is 26.2 Å². The zero-order valence-electron chi connectivity index (χ0n) is 18.2. The fourth-order valence-electron chi connectivity index (χ4n) is 3.40. The van der Waals surface area contributed by atoms with Crippen molar-refractivity contribution in [1.29, 1.82) is 0 Å². The van der Waals surface area contributed by atoms with E-state index in [-0.39, 0.29) is 11.8 Å². The first-order valence-corrected chi connectivity index (χ1v) is 10.4. The van der Waals surface area contributed by atoms with Crippen molar-refractivity contribution in [3.63, 3.8) is 0 Å². The Balaban J connectivity index is 1.76. The van der Waals surface area contributed by atoms with E-state index in [9.17, 15) is 4.79 Å². The number of carbonyl (C=O) groups excluding carboxylic acids is 1. The van der Waals surface area contributed by atoms with E-state index >= 15 is 0 Å². The number of benzene rings is 3. The molecule has 1 atom stereocenters. The van der Waals surface area contributed by atoms with Gasteiger partial charge in [0.1, 0.15) is 0 Å². The summed E-state index contributed by atoms with van der Waals surface area (Å²) in [6.07, 6.45) is 2.21. The molecule has 0 aliphatic carbocycles. The van der Waals surface area contributed by atoms with E-state index < -0.39 is 0 Å². The second kappa shape index (κ2) is 11.0. The molecule has 31 heavy (non-hydrogen) atoms. The van der Waals surface area contributed by atoms with E-state index in [4.69, 9.17) is 9.47 Å². The molecule has 1 amide bonds. The van der Waals surface area contributed by atoms with Gasteiger partial charge in [-0.15, -0.1) is 0 Å². The fraction of sp³-hybridized carbons (Fsp3) is 0.231. The Bertz CT molecular complexity index is 1030. The third-order valence-electron chi connectivity index (χ3n) is 5.08. The molecule has 3 rings (SSSR count). The van der Waals surface area contributed by atoms with Crippen molar-refractivity contribution in [2.24, 2.45) is 5.10 Å². The lowest BCUT2D eigenvalue weighted by atomic mass is 9.90. The summed E-state index contributed by atoms with van der Waals surface area (Å²) in [7, 11) is 1.60. The molecule has 0 spiro atoms. The smallest absolute Gasteiger partial charge is 0.247 e. The van der Waals surface area contributed by atoms with E-state index in [0.717, 1.165) is 16.7 Å². The van der Waals surface area contributed by atoms with Gasteiger partial charge in [0, 0.05) is 0 Å². The minimum atomic E-state index is -0.339. The highest BCUT2D eigenvalue weighted by molar-refractivity contribution is 5.86. The summed E-state index contributed by atoms with van der Waals surface area (Å²) in [4.78, 5) is 13.0. The van der Waals surface area contributed by atoms with Crippen LogP contribution in [-0.4, -0.2) is 25.8 Å². The number of aryl methyl sites for hydroxylation is 1. The Labute approximate surface area is 183 Å². The number of rotatable bonds is 9. The first kappa shape index (κ1) is 22.1. The number of amides is 1. The van der Waals surface area contributed by atoms with Gasteiger partial charge < -0.3 is 9.47 Å². The summed E-state index contributed by atoms with van der Waals surface area (Å²) in [5.41, 5.74) is 6.79. The van der Waals surface area contributed by atoms with Crippen LogP contribution in [0.4, 0.5) is 0 Å². The van der Waals surface area contributed by atoms with Crippen LogP contribution in [0.25, 0.3) is 0 Å². The van der Waals surface area contributed by atoms with Crippen LogP contribution in [0.1, 0.15) is 35.1 Å². The SMILES string of the molecule is CCOc1cc(C=NNC(=O)C(Cc2ccccc2C)c2ccccc2)ccc1OC. The molecule has 0 aliphatic heterocycles. The first-order chi connectivity index (χ1) is 15.1. The molecule has 0 bridgehead atoms. The molecule has 0 fully saturated rings. The predicted octanol–water partition coefficient (Wildman–Crippen LogP) is 4.88. The molecule has 0 saturated carbocycles. The number of carbonyl (C=O) groups is 1. The Kier molecular flexibility index (Phi) is 7.82. The number of hydrazone groups is 1. The zero-order chi connectivity index (χ0) is 22.1. The molecule has 1 N–H and O–H groups in total. The number of hydrogen-bond acceptors (Lipinski definition) is 4. The van der Waals surface area contributed by atoms with Gasteiger partial charge in [-0.05, 0) is 60.7 Å². The predicted molar refractivity (Wildman–Crippen MR) is 124 cm³/mol. The lowest BCUT2D eigenvalue weighted by molar-refractivity contribution is -0.122. The highest BCUT2D eigenvalue weighted by atomic mass is 16.5. The third-order valence-corrected chi connectivity index (χ3v) is 5.08. The van der Waals surface area contributed by atoms with E-state index in [1.54, 1.807) is 13.3 Å². The average Bonchev–Trinajstić information content (AvgIpc) is 2.79. The van der Waals surface area contributed by atoms with Crippen molar-refractivity contribution in [3.05, 3.63) is 95.1 Å². The Morgan fingerprint density at radius 1 is 1.03 bits per heavy atom. The second-order valence-electron chi connectivity index (χ2n) is 7.17. The lowest BCUT2D eigenvalue weighted by Crippen LogP contribution is -2.27. The number of ether oxygens (including phenoxy) is 2. The van der Waals surface area contributed by atoms with Crippen molar-refractivity contribution in [3.8, 4) is 11.5 Å². The van der Waals surface area contributed by atoms with Crippen molar-refractivity contribution < 1.29 is 14.3 Å². The maximum absolute atomic E-state index is 13.0. The van der Waals surface area contributed by atoms with E-state index in [1.165, 1.54) is 5.56 Å². The normalized spacial score (nSPS) is 11.8. The first-order valence-electron chi connectivity index (χ1n) is 10.4. The highest BCUT2D eigenvalue weighted by Crippen LogP contribution is 2.27. The van der Waals surface area contributed by atoms with Gasteiger partial charge in [0.25, 0.3) is 0 Å². The molecule has 1 unspecified atom stereocenters. The summed E-state index contributed by atoms with van der Waals surface area (Å²) in [6, 6.07) is 23.4. The zero-order valence-corrected chi connectivity index (χ0v) is 18.2. The molecule has 5 nitrogen and oxygen atoms in total. The van der Waals surface area contributed by atoms with Gasteiger partial charge in [0.05, 0.1) is 25.8 Å². The highest BCUT2D eigenvalue weighted by Gasteiger charge is 2.21. The number of nitrogens with one attached hydrogen (secondary N) is 1. The molecule has 160 valence electrons. The number of methoxy groups -OCH3 is 1. The van der Waals surface area contributed by atoms with Gasteiger partial charge in [0.15, 0.2) is 11.5 Å². The molecule has 0 aromatic heterocycles. The van der Waals surface area contributed by atoms with Crippen molar-refractivity contribution in [2.75, 3.05) is 13.7 Å². The molecule has 0 saturated heterocycles. The maximum atomic E-state index is 13.0. The summed E-state index contributed by atoms with van der Waals surface area (Å²) < 4.78 is 10.9. The van der Waals surface area contributed by atoms with E-state index in [0.29, 0.717) is 24.5 Å². The third kappa shape index (κ3) is 5.95. The van der Waals surface area contributed by atoms with Crippen LogP contribution in [0.15, 0.2) is 77.9 Å². The van der Waals surface area contributed by atoms with Crippen molar-refractivity contribution >= 4 is 12.1 Å². The largest absolute Gasteiger partial charge is 0.493 e. The standard InChI is InChI=1S/C26H28N2O3/c1-4-31-25-16-20(14-15-24(25)30-3)18-27-28-26(29)23(21-11-6-5-7-12-21)17-22-13-9-8-10-19(22)2/h5-16,18,23H,4,17H2,1-3H3,(H,28,29). The van der Waals surface area contributed by atoms with Gasteiger partial charge in [-0.3, -0.25) is 4.79 Å². The van der Waals surface area contributed by atoms with Crippen LogP contribution >= 0.6 is 0 Å². The fourth-order valence-corrected chi connectivity index (χ4v) is 3.40. The van der Waals surface area contributed by atoms with Gasteiger partial charge in [-0.1, -0.05) is 54.6 Å². The topological polar surface area (TPSA) is 59.9 Å². The summed E-state index contributed by atoms with van der Waals surface area (Å²) >= 11 is 0. The summed E-state index contributed by atoms with van der Waals surface area (Å²) in [5.74, 6) is 0.811. The molecule has 0 heterocycles. The van der Waals surface area contributed by atoms with Crippen LogP contribution in [0.2, 0.25) is 0 Å². The summed E-state index contributed by atoms with van der Waals surface area (Å²) in [5, 5.41) is 4.19. The van der Waals surface area contributed by atoms with Crippen molar-refractivity contribution in [1.82, 2.24) is 5.43 Å². The average molecular weight is 417 g/mol. The molecule has 3 aromatic rings. The van der Waals surface area contributed by atoms with E-state index in [2.05, 4.69) is 29.6 Å². The quantitative estimate of drug-likeness (QED) is 0.400. The molecule has 0 radical (unpaired) electrons. The molecular weight excluding hydrogens is 388 g/mol. The molecule has 3 aromatic carbocycles. The molecule has 0 aliphatic rings. The summed E-state index contributed by atoms with van der Waals surface area (Å²) in [6.45, 7) is 4.51. The second-order valence-corrected chi connectivity index (χ2v) is 7.17. The van der Waals surface area contributed by atoms with Crippen LogP contribution in [-0.2, 0) is 11.2 Å². The van der Waals surface area contributed by atoms with Crippen LogP contribution in [0, 0.1) is 6.92 Å². The number of nitrogens with zero attached hydrogens (tertiary/aromatic N) is 1. The van der Waals surface area contributed by atoms with Crippen LogP contribution < -0.4 is 14.9 Å². The lowest BCUT2D eigenvalue weighted by Gasteiger charge is -2.17. The Morgan fingerprint density at radius 3 is 2.48 bits per heavy atom. The van der Waals surface area contributed by atoms with E-state index in [1.807, 2.05) is 67.6 Å². The maximum Gasteiger partial charge on any atom is 0.247 e. The van der Waals surface area contributed by atoms with Gasteiger partial charge in [-0.25, -0.2) is 5.43 Å². The Hall–Kier alpha value is -3.60. The van der Waals surface area contributed by atoms with Gasteiger partial charge in [0.2, 0.25) is 5.91 Å². The Morgan fingerprint density at radius 2 is 1.77 bits per heavy atom. The van der Waals surface area contributed by atoms with Gasteiger partial charge >= 0.3 is 0 Å². The molecular formula is C26H28N2O3. The number of hydrogen-bond donors (Lipinski definition) is 1. The monoisotopic (exact) mass is 416 g/mol. The van der Waals surface area contributed by atoms with Crippen LogP contribution in [0.5, 0.6) is 11.5 Å². The van der Waals surface area contributed by atoms with Gasteiger partial charge in [-0.2, -0.15) is 5.10 Å². The minimum Gasteiger partial charge on any atom is -0.493 e. The molecule has 5 heteroatoms.